The molecule has 0 aliphatic heterocycles. The lowest BCUT2D eigenvalue weighted by Crippen LogP contribution is -2.12. The van der Waals surface area contributed by atoms with Gasteiger partial charge in [-0.15, -0.1) is 0 Å². The van der Waals surface area contributed by atoms with Crippen molar-refractivity contribution in [1.29, 1.82) is 0 Å². The Morgan fingerprint density at radius 3 is 1.93 bits per heavy atom. The first-order valence-corrected chi connectivity index (χ1v) is 4.04. The van der Waals surface area contributed by atoms with E-state index >= 15 is 0 Å². The third-order valence-electron chi connectivity index (χ3n) is 1.95. The minimum Gasteiger partial charge on any atom is -0.201 e. The van der Waals surface area contributed by atoms with Crippen molar-refractivity contribution in [3.05, 3.63) is 41.8 Å². The second-order valence-electron chi connectivity index (χ2n) is 3.23. The number of alkyl halides is 5. The van der Waals surface area contributed by atoms with Crippen molar-refractivity contribution in [3.8, 4) is 0 Å². The number of rotatable bonds is 1. The smallest absolute Gasteiger partial charge is 0.201 e. The Labute approximate surface area is 83.7 Å². The van der Waals surface area contributed by atoms with E-state index in [0.29, 0.717) is 12.1 Å². The van der Waals surface area contributed by atoms with E-state index in [2.05, 4.69) is 6.92 Å². The largest absolute Gasteiger partial charge is 0.416 e. The lowest BCUT2D eigenvalue weighted by Gasteiger charge is -2.15. The summed E-state index contributed by atoms with van der Waals surface area (Å²) in [4.78, 5) is 0. The van der Waals surface area contributed by atoms with Crippen molar-refractivity contribution in [2.24, 2.45) is 0 Å². The summed E-state index contributed by atoms with van der Waals surface area (Å²) >= 11 is 0. The first-order valence-electron chi connectivity index (χ1n) is 4.04. The maximum Gasteiger partial charge on any atom is 0.416 e. The number of benzene rings is 1. The molecule has 0 atom stereocenters. The normalized spacial score (nSPS) is 13.0. The van der Waals surface area contributed by atoms with Gasteiger partial charge < -0.3 is 0 Å². The standard InChI is InChI=1S/C10H8F5/c1-6-5-7(10(13,14)15)3-4-8(6)9(2,11)12/h3-5H,2H2,1H3. The van der Waals surface area contributed by atoms with E-state index in [4.69, 9.17) is 0 Å². The topological polar surface area (TPSA) is 0 Å². The van der Waals surface area contributed by atoms with E-state index < -0.39 is 23.2 Å². The molecule has 0 N–H and O–H groups in total. The highest BCUT2D eigenvalue weighted by molar-refractivity contribution is 5.35. The number of hydrogen-bond donors (Lipinski definition) is 0. The zero-order valence-electron chi connectivity index (χ0n) is 7.83. The van der Waals surface area contributed by atoms with E-state index in [0.717, 1.165) is 6.07 Å². The maximum atomic E-state index is 12.8. The molecule has 0 spiro atoms. The highest BCUT2D eigenvalue weighted by Gasteiger charge is 2.33. The quantitative estimate of drug-likeness (QED) is 0.632. The van der Waals surface area contributed by atoms with Crippen LogP contribution in [0.15, 0.2) is 18.2 Å². The summed E-state index contributed by atoms with van der Waals surface area (Å²) in [6.07, 6.45) is -4.51. The summed E-state index contributed by atoms with van der Waals surface area (Å²) in [6, 6.07) is 2.07. The van der Waals surface area contributed by atoms with Gasteiger partial charge in [-0.2, -0.15) is 13.2 Å². The molecule has 0 aromatic heterocycles. The van der Waals surface area contributed by atoms with Crippen LogP contribution in [0.25, 0.3) is 0 Å². The molecular weight excluding hydrogens is 215 g/mol. The molecule has 1 aromatic rings. The Bertz CT molecular complexity index is 359. The van der Waals surface area contributed by atoms with Crippen LogP contribution in [0.3, 0.4) is 0 Å². The molecule has 0 bridgehead atoms. The van der Waals surface area contributed by atoms with Gasteiger partial charge in [0.25, 0.3) is 5.92 Å². The van der Waals surface area contributed by atoms with Gasteiger partial charge in [-0.1, -0.05) is 6.07 Å². The Kier molecular flexibility index (Phi) is 2.76. The van der Waals surface area contributed by atoms with Crippen LogP contribution in [0.4, 0.5) is 22.0 Å². The van der Waals surface area contributed by atoms with Gasteiger partial charge in [0, 0.05) is 12.5 Å². The molecule has 0 aliphatic rings. The van der Waals surface area contributed by atoms with E-state index in [-0.39, 0.29) is 5.56 Å². The Morgan fingerprint density at radius 1 is 1.07 bits per heavy atom. The lowest BCUT2D eigenvalue weighted by atomic mass is 10.0. The molecule has 1 radical (unpaired) electrons. The van der Waals surface area contributed by atoms with Gasteiger partial charge in [-0.25, -0.2) is 8.78 Å². The third-order valence-corrected chi connectivity index (χ3v) is 1.95. The van der Waals surface area contributed by atoms with Crippen LogP contribution in [0.2, 0.25) is 0 Å². The molecule has 83 valence electrons. The number of aryl methyl sites for hydroxylation is 1. The molecule has 15 heavy (non-hydrogen) atoms. The van der Waals surface area contributed by atoms with Crippen molar-refractivity contribution in [3.63, 3.8) is 0 Å². The van der Waals surface area contributed by atoms with Gasteiger partial charge in [-0.3, -0.25) is 0 Å². The fraction of sp³-hybridized carbons (Fsp3) is 0.300. The van der Waals surface area contributed by atoms with Gasteiger partial charge in [0.05, 0.1) is 5.56 Å². The molecule has 0 amide bonds. The predicted octanol–water partition coefficient (Wildman–Crippen LogP) is 3.94. The van der Waals surface area contributed by atoms with Crippen LogP contribution in [-0.2, 0) is 12.1 Å². The van der Waals surface area contributed by atoms with Crippen LogP contribution >= 0.6 is 0 Å². The zero-order chi connectivity index (χ0) is 11.9. The van der Waals surface area contributed by atoms with E-state index in [1.807, 2.05) is 0 Å². The van der Waals surface area contributed by atoms with Crippen molar-refractivity contribution < 1.29 is 22.0 Å². The maximum absolute atomic E-state index is 12.8. The van der Waals surface area contributed by atoms with E-state index in [1.165, 1.54) is 6.92 Å². The molecule has 0 unspecified atom stereocenters. The Morgan fingerprint density at radius 2 is 1.60 bits per heavy atom. The summed E-state index contributed by atoms with van der Waals surface area (Å²) in [7, 11) is 0. The highest BCUT2D eigenvalue weighted by atomic mass is 19.4. The van der Waals surface area contributed by atoms with Crippen molar-refractivity contribution in [2.45, 2.75) is 19.0 Å². The highest BCUT2D eigenvalue weighted by Crippen LogP contribution is 2.34. The average Bonchev–Trinajstić information content (AvgIpc) is 1.99. The average molecular weight is 223 g/mol. The van der Waals surface area contributed by atoms with Crippen molar-refractivity contribution in [1.82, 2.24) is 0 Å². The molecule has 0 saturated heterocycles. The zero-order valence-corrected chi connectivity index (χ0v) is 7.83. The van der Waals surface area contributed by atoms with Crippen LogP contribution in [0.1, 0.15) is 16.7 Å². The van der Waals surface area contributed by atoms with Gasteiger partial charge in [0.2, 0.25) is 0 Å². The van der Waals surface area contributed by atoms with E-state index in [1.54, 1.807) is 0 Å². The van der Waals surface area contributed by atoms with Crippen LogP contribution in [0.5, 0.6) is 0 Å². The molecule has 0 aliphatic carbocycles. The number of halogens is 5. The summed E-state index contributed by atoms with van der Waals surface area (Å²) in [5.41, 5.74) is -1.55. The molecule has 0 heterocycles. The lowest BCUT2D eigenvalue weighted by molar-refractivity contribution is -0.137. The Hall–Kier alpha value is -1.13. The summed E-state index contributed by atoms with van der Waals surface area (Å²) < 4.78 is 62.1. The van der Waals surface area contributed by atoms with Crippen LogP contribution in [-0.4, -0.2) is 0 Å². The Balaban J connectivity index is 3.21. The molecule has 0 nitrogen and oxygen atoms in total. The molecule has 1 rings (SSSR count). The van der Waals surface area contributed by atoms with Crippen molar-refractivity contribution in [2.75, 3.05) is 0 Å². The minimum absolute atomic E-state index is 0.121. The summed E-state index contributed by atoms with van der Waals surface area (Å²) in [5, 5.41) is 0. The van der Waals surface area contributed by atoms with Crippen LogP contribution < -0.4 is 0 Å². The second-order valence-corrected chi connectivity index (χ2v) is 3.23. The first kappa shape index (κ1) is 11.9. The molecule has 0 saturated carbocycles. The van der Waals surface area contributed by atoms with Gasteiger partial charge in [0.15, 0.2) is 0 Å². The van der Waals surface area contributed by atoms with Gasteiger partial charge >= 0.3 is 6.18 Å². The second kappa shape index (κ2) is 3.47. The molecule has 5 heteroatoms. The third kappa shape index (κ3) is 2.67. The molecule has 0 fully saturated rings. The van der Waals surface area contributed by atoms with Crippen LogP contribution in [0, 0.1) is 13.8 Å². The first-order chi connectivity index (χ1) is 6.62. The monoisotopic (exact) mass is 223 g/mol. The fourth-order valence-corrected chi connectivity index (χ4v) is 1.25. The fourth-order valence-electron chi connectivity index (χ4n) is 1.25. The molecule has 1 aromatic carbocycles. The number of hydrogen-bond acceptors (Lipinski definition) is 0. The van der Waals surface area contributed by atoms with Gasteiger partial charge in [0.1, 0.15) is 0 Å². The summed E-state index contributed by atoms with van der Waals surface area (Å²) in [6.45, 7) is 3.78. The van der Waals surface area contributed by atoms with E-state index in [9.17, 15) is 22.0 Å². The van der Waals surface area contributed by atoms with Crippen molar-refractivity contribution >= 4 is 0 Å². The van der Waals surface area contributed by atoms with Gasteiger partial charge in [-0.05, 0) is 24.6 Å². The molecular formula is C10H8F5. The predicted molar refractivity (Wildman–Crippen MR) is 45.4 cm³/mol. The SMILES string of the molecule is [CH2]C(F)(F)c1ccc(C(F)(F)F)cc1C. The minimum atomic E-state index is -4.51. The summed E-state index contributed by atoms with van der Waals surface area (Å²) in [5.74, 6) is -3.37.